The van der Waals surface area contributed by atoms with Crippen LogP contribution in [0.3, 0.4) is 0 Å². The zero-order valence-corrected chi connectivity index (χ0v) is 22.2. The van der Waals surface area contributed by atoms with Crippen molar-refractivity contribution in [2.45, 2.75) is 38.5 Å². The van der Waals surface area contributed by atoms with Gasteiger partial charge in [-0.05, 0) is 65.8 Å². The highest BCUT2D eigenvalue weighted by atomic mass is 19.4. The van der Waals surface area contributed by atoms with Crippen molar-refractivity contribution >= 4 is 5.78 Å². The fourth-order valence-electron chi connectivity index (χ4n) is 4.67. The Bertz CT molecular complexity index is 1580. The molecule has 5 aromatic rings. The summed E-state index contributed by atoms with van der Waals surface area (Å²) in [6.45, 7) is 0. The number of hydrogen-bond donors (Lipinski definition) is 0. The van der Waals surface area contributed by atoms with Crippen molar-refractivity contribution in [3.8, 4) is 34.0 Å². The minimum atomic E-state index is -4.74. The maximum absolute atomic E-state index is 12.7. The first-order valence-electron chi connectivity index (χ1n) is 13.4. The van der Waals surface area contributed by atoms with E-state index in [0.717, 1.165) is 47.1 Å². The molecule has 0 aliphatic carbocycles. The minimum Gasteiger partial charge on any atom is -0.406 e. The molecule has 0 spiro atoms. The normalized spacial score (nSPS) is 11.4. The number of aromatic nitrogens is 3. The molecule has 208 valence electrons. The van der Waals surface area contributed by atoms with E-state index >= 15 is 0 Å². The van der Waals surface area contributed by atoms with Gasteiger partial charge in [-0.15, -0.1) is 18.3 Å². The predicted octanol–water partition coefficient (Wildman–Crippen LogP) is 8.02. The summed E-state index contributed by atoms with van der Waals surface area (Å²) in [7, 11) is 0. The molecular weight excluding hydrogens is 527 g/mol. The van der Waals surface area contributed by atoms with E-state index < -0.39 is 6.36 Å². The molecule has 0 bridgehead atoms. The van der Waals surface area contributed by atoms with Gasteiger partial charge in [0.15, 0.2) is 5.82 Å². The summed E-state index contributed by atoms with van der Waals surface area (Å²) in [5.74, 6) is 0.455. The second-order valence-corrected chi connectivity index (χ2v) is 9.70. The third kappa shape index (κ3) is 7.69. The van der Waals surface area contributed by atoms with E-state index in [4.69, 9.17) is 0 Å². The molecule has 0 fully saturated rings. The quantitative estimate of drug-likeness (QED) is 0.155. The molecule has 4 aromatic carbocycles. The van der Waals surface area contributed by atoms with E-state index in [2.05, 4.69) is 33.0 Å². The molecular formula is C33H28F3N3O2. The van der Waals surface area contributed by atoms with Gasteiger partial charge in [-0.2, -0.15) is 0 Å². The molecule has 0 amide bonds. The van der Waals surface area contributed by atoms with Gasteiger partial charge in [-0.25, -0.2) is 9.67 Å². The van der Waals surface area contributed by atoms with Crippen LogP contribution in [-0.2, 0) is 17.6 Å². The van der Waals surface area contributed by atoms with Crippen LogP contribution < -0.4 is 4.74 Å². The van der Waals surface area contributed by atoms with E-state index in [1.807, 2.05) is 60.7 Å². The highest BCUT2D eigenvalue weighted by molar-refractivity contribution is 5.83. The summed E-state index contributed by atoms with van der Waals surface area (Å²) < 4.78 is 42.5. The number of rotatable bonds is 11. The molecule has 0 aliphatic rings. The van der Waals surface area contributed by atoms with Crippen LogP contribution in [0.2, 0.25) is 0 Å². The van der Waals surface area contributed by atoms with Gasteiger partial charge in [0.1, 0.15) is 17.9 Å². The third-order valence-electron chi connectivity index (χ3n) is 6.70. The number of carbonyl (C=O) groups excluding carboxylic acids is 1. The summed E-state index contributed by atoms with van der Waals surface area (Å²) in [6, 6.07) is 31.6. The van der Waals surface area contributed by atoms with Crippen molar-refractivity contribution in [3.63, 3.8) is 0 Å². The Morgan fingerprint density at radius 2 is 1.49 bits per heavy atom. The van der Waals surface area contributed by atoms with Gasteiger partial charge in [-0.3, -0.25) is 4.79 Å². The summed E-state index contributed by atoms with van der Waals surface area (Å²) in [5, 5.41) is 4.44. The van der Waals surface area contributed by atoms with Crippen LogP contribution >= 0.6 is 0 Å². The van der Waals surface area contributed by atoms with Crippen molar-refractivity contribution in [2.24, 2.45) is 0 Å². The van der Waals surface area contributed by atoms with E-state index in [0.29, 0.717) is 24.4 Å². The molecule has 5 nitrogen and oxygen atoms in total. The standard InChI is InChI=1S/C33H28F3N3O2/c34-33(35,36)41-30-20-18-28(19-21-30)39-23-37-32(38-39)26-16-14-24(15-17-26)8-4-6-12-29(40)22-27-11-5-7-13-31(27)25-9-2-1-3-10-25/h1-3,5,7,9-11,13-21,23H,4,6,8,12,22H2. The lowest BCUT2D eigenvalue weighted by Gasteiger charge is -2.09. The number of halogens is 3. The number of aryl methyl sites for hydroxylation is 1. The molecule has 0 saturated heterocycles. The molecule has 0 aliphatic heterocycles. The summed E-state index contributed by atoms with van der Waals surface area (Å²) >= 11 is 0. The van der Waals surface area contributed by atoms with Crippen LogP contribution in [0.1, 0.15) is 30.4 Å². The Balaban J connectivity index is 1.10. The lowest BCUT2D eigenvalue weighted by molar-refractivity contribution is -0.274. The number of ketones is 1. The average molecular weight is 556 g/mol. The van der Waals surface area contributed by atoms with Gasteiger partial charge in [0, 0.05) is 18.4 Å². The molecule has 0 radical (unpaired) electrons. The van der Waals surface area contributed by atoms with Gasteiger partial charge in [0.2, 0.25) is 0 Å². The first kappa shape index (κ1) is 27.8. The number of hydrogen-bond acceptors (Lipinski definition) is 4. The highest BCUT2D eigenvalue weighted by Crippen LogP contribution is 2.26. The molecule has 0 N–H and O–H groups in total. The van der Waals surface area contributed by atoms with Crippen LogP contribution in [0.15, 0.2) is 109 Å². The van der Waals surface area contributed by atoms with Crippen LogP contribution in [0.5, 0.6) is 5.75 Å². The molecule has 0 saturated carbocycles. The number of nitrogens with zero attached hydrogens (tertiary/aromatic N) is 3. The van der Waals surface area contributed by atoms with E-state index in [9.17, 15) is 18.0 Å². The Morgan fingerprint density at radius 3 is 2.22 bits per heavy atom. The van der Waals surface area contributed by atoms with Gasteiger partial charge in [0.25, 0.3) is 0 Å². The second kappa shape index (κ2) is 12.6. The lowest BCUT2D eigenvalue weighted by Crippen LogP contribution is -2.17. The van der Waals surface area contributed by atoms with Crippen molar-refractivity contribution in [1.82, 2.24) is 14.8 Å². The van der Waals surface area contributed by atoms with Crippen LogP contribution in [0.4, 0.5) is 13.2 Å². The number of carbonyl (C=O) groups is 1. The lowest BCUT2D eigenvalue weighted by atomic mass is 9.95. The molecule has 1 aromatic heterocycles. The first-order chi connectivity index (χ1) is 19.8. The number of Topliss-reactive ketones (excluding diaryl/α,β-unsaturated/α-hetero) is 1. The zero-order chi connectivity index (χ0) is 28.7. The SMILES string of the molecule is O=C(CCCCc1ccc(-c2ncn(-c3ccc(OC(F)(F)F)cc3)n2)cc1)Cc1ccccc1-c1ccccc1. The molecule has 1 heterocycles. The van der Waals surface area contributed by atoms with Gasteiger partial charge in [0.05, 0.1) is 5.69 Å². The number of ether oxygens (including phenoxy) is 1. The monoisotopic (exact) mass is 555 g/mol. The largest absolute Gasteiger partial charge is 0.573 e. The van der Waals surface area contributed by atoms with Crippen molar-refractivity contribution in [3.05, 3.63) is 121 Å². The van der Waals surface area contributed by atoms with Gasteiger partial charge < -0.3 is 4.74 Å². The Hall–Kier alpha value is -4.72. The fourth-order valence-corrected chi connectivity index (χ4v) is 4.67. The number of alkyl halides is 3. The molecule has 0 atom stereocenters. The van der Waals surface area contributed by atoms with Gasteiger partial charge >= 0.3 is 6.36 Å². The van der Waals surface area contributed by atoms with E-state index in [-0.39, 0.29) is 11.5 Å². The maximum Gasteiger partial charge on any atom is 0.573 e. The molecule has 41 heavy (non-hydrogen) atoms. The summed E-state index contributed by atoms with van der Waals surface area (Å²) in [6.07, 6.45) is 0.359. The van der Waals surface area contributed by atoms with Crippen LogP contribution in [-0.4, -0.2) is 26.9 Å². The highest BCUT2D eigenvalue weighted by Gasteiger charge is 2.31. The molecule has 0 unspecified atom stereocenters. The second-order valence-electron chi connectivity index (χ2n) is 9.70. The van der Waals surface area contributed by atoms with Gasteiger partial charge in [-0.1, -0.05) is 78.9 Å². The summed E-state index contributed by atoms with van der Waals surface area (Å²) in [5.41, 5.74) is 5.84. The minimum absolute atomic E-state index is 0.243. The molecule has 5 rings (SSSR count). The average Bonchev–Trinajstić information content (AvgIpc) is 3.46. The summed E-state index contributed by atoms with van der Waals surface area (Å²) in [4.78, 5) is 17.0. The zero-order valence-electron chi connectivity index (χ0n) is 22.2. The molecule has 8 heteroatoms. The predicted molar refractivity (Wildman–Crippen MR) is 152 cm³/mol. The first-order valence-corrected chi connectivity index (χ1v) is 13.4. The topological polar surface area (TPSA) is 57.0 Å². The number of benzene rings is 4. The van der Waals surface area contributed by atoms with Crippen molar-refractivity contribution in [2.75, 3.05) is 0 Å². The maximum atomic E-state index is 12.7. The van der Waals surface area contributed by atoms with Crippen molar-refractivity contribution in [1.29, 1.82) is 0 Å². The number of unbranched alkanes of at least 4 members (excludes halogenated alkanes) is 1. The van der Waals surface area contributed by atoms with Crippen LogP contribution in [0.25, 0.3) is 28.2 Å². The Labute approximate surface area is 236 Å². The smallest absolute Gasteiger partial charge is 0.406 e. The van der Waals surface area contributed by atoms with Crippen molar-refractivity contribution < 1.29 is 22.7 Å². The van der Waals surface area contributed by atoms with Crippen LogP contribution in [0, 0.1) is 0 Å². The Morgan fingerprint density at radius 1 is 0.780 bits per heavy atom. The van der Waals surface area contributed by atoms with E-state index in [1.54, 1.807) is 0 Å². The Kier molecular flexibility index (Phi) is 8.58. The third-order valence-corrected chi connectivity index (χ3v) is 6.70. The van der Waals surface area contributed by atoms with E-state index in [1.165, 1.54) is 35.3 Å². The fraction of sp³-hybridized carbons (Fsp3) is 0.182.